The molecule has 16 heavy (non-hydrogen) atoms. The highest BCUT2D eigenvalue weighted by atomic mass is 79.9. The topological polar surface area (TPSA) is 54.9 Å². The molecular weight excluding hydrogens is 270 g/mol. The van der Waals surface area contributed by atoms with Gasteiger partial charge in [0.15, 0.2) is 5.82 Å². The van der Waals surface area contributed by atoms with Crippen LogP contribution in [0.2, 0.25) is 0 Å². The van der Waals surface area contributed by atoms with Gasteiger partial charge in [-0.3, -0.25) is 4.79 Å². The molecule has 1 aliphatic carbocycles. The molecule has 1 unspecified atom stereocenters. The van der Waals surface area contributed by atoms with Gasteiger partial charge in [-0.2, -0.15) is 0 Å². The van der Waals surface area contributed by atoms with E-state index in [1.807, 2.05) is 0 Å². The second-order valence-electron chi connectivity index (χ2n) is 3.74. The molecule has 0 saturated heterocycles. The molecule has 84 valence electrons. The Labute approximate surface area is 102 Å². The fourth-order valence-corrected chi connectivity index (χ4v) is 1.88. The van der Waals surface area contributed by atoms with E-state index in [2.05, 4.69) is 43.4 Å². The highest BCUT2D eigenvalue weighted by Crippen LogP contribution is 2.20. The first-order chi connectivity index (χ1) is 7.74. The van der Waals surface area contributed by atoms with Crippen LogP contribution in [-0.4, -0.2) is 15.9 Å². The summed E-state index contributed by atoms with van der Waals surface area (Å²) in [5.41, 5.74) is 0. The minimum Gasteiger partial charge on any atom is -0.309 e. The molecular formula is C11H12BrN3O. The molecule has 1 N–H and O–H groups in total. The summed E-state index contributed by atoms with van der Waals surface area (Å²) in [5.74, 6) is 0.867. The largest absolute Gasteiger partial charge is 0.309 e. The first kappa shape index (κ1) is 11.3. The van der Waals surface area contributed by atoms with Crippen molar-refractivity contribution >= 4 is 27.7 Å². The predicted octanol–water partition coefficient (Wildman–Crippen LogP) is 2.53. The Balaban J connectivity index is 1.86. The van der Waals surface area contributed by atoms with E-state index in [1.165, 1.54) is 6.20 Å². The number of rotatable bonds is 3. The minimum atomic E-state index is -0.00632. The number of carbonyl (C=O) groups is 1. The molecule has 1 atom stereocenters. The quantitative estimate of drug-likeness (QED) is 0.867. The average molecular weight is 282 g/mol. The van der Waals surface area contributed by atoms with Crippen LogP contribution in [-0.2, 0) is 4.79 Å². The van der Waals surface area contributed by atoms with Gasteiger partial charge in [-0.15, -0.1) is 0 Å². The van der Waals surface area contributed by atoms with Crippen molar-refractivity contribution in [2.75, 3.05) is 5.32 Å². The number of allylic oxidation sites excluding steroid dienone is 2. The number of hydrogen-bond acceptors (Lipinski definition) is 3. The van der Waals surface area contributed by atoms with Crippen LogP contribution in [0.15, 0.2) is 29.1 Å². The van der Waals surface area contributed by atoms with Crippen molar-refractivity contribution in [3.8, 4) is 0 Å². The van der Waals surface area contributed by atoms with E-state index in [-0.39, 0.29) is 5.91 Å². The van der Waals surface area contributed by atoms with Crippen molar-refractivity contribution in [2.45, 2.75) is 19.3 Å². The van der Waals surface area contributed by atoms with Crippen LogP contribution in [0.3, 0.4) is 0 Å². The zero-order valence-corrected chi connectivity index (χ0v) is 10.3. The molecule has 1 aromatic rings. The zero-order valence-electron chi connectivity index (χ0n) is 8.69. The maximum Gasteiger partial charge on any atom is 0.226 e. The molecule has 5 heteroatoms. The number of amides is 1. The molecule has 0 saturated carbocycles. The molecule has 4 nitrogen and oxygen atoms in total. The zero-order chi connectivity index (χ0) is 11.4. The average Bonchev–Trinajstić information content (AvgIpc) is 2.74. The van der Waals surface area contributed by atoms with Gasteiger partial charge in [0.1, 0.15) is 4.60 Å². The van der Waals surface area contributed by atoms with Gasteiger partial charge < -0.3 is 5.32 Å². The molecule has 1 aliphatic rings. The van der Waals surface area contributed by atoms with E-state index in [1.54, 1.807) is 6.20 Å². The molecule has 0 fully saturated rings. The summed E-state index contributed by atoms with van der Waals surface area (Å²) in [7, 11) is 0. The second kappa shape index (κ2) is 5.21. The maximum atomic E-state index is 11.6. The summed E-state index contributed by atoms with van der Waals surface area (Å²) in [6, 6.07) is 0. The van der Waals surface area contributed by atoms with Gasteiger partial charge in [0.2, 0.25) is 5.91 Å². The molecule has 1 heterocycles. The Morgan fingerprint density at radius 2 is 2.38 bits per heavy atom. The molecule has 1 aromatic heterocycles. The Morgan fingerprint density at radius 3 is 3.00 bits per heavy atom. The van der Waals surface area contributed by atoms with Crippen LogP contribution < -0.4 is 5.32 Å². The standard InChI is InChI=1S/C11H12BrN3O/c12-9-6-14-10(7-13-9)15-11(16)5-8-3-1-2-4-8/h1,3,6-8H,2,4-5H2,(H,14,15,16). The smallest absolute Gasteiger partial charge is 0.226 e. The third kappa shape index (κ3) is 3.13. The van der Waals surface area contributed by atoms with Crippen molar-refractivity contribution in [3.63, 3.8) is 0 Å². The third-order valence-corrected chi connectivity index (χ3v) is 2.86. The Kier molecular flexibility index (Phi) is 3.66. The lowest BCUT2D eigenvalue weighted by Crippen LogP contribution is -2.15. The second-order valence-corrected chi connectivity index (χ2v) is 4.55. The molecule has 2 rings (SSSR count). The lowest BCUT2D eigenvalue weighted by molar-refractivity contribution is -0.116. The first-order valence-electron chi connectivity index (χ1n) is 5.18. The fourth-order valence-electron chi connectivity index (χ4n) is 1.67. The molecule has 0 bridgehead atoms. The third-order valence-electron chi connectivity index (χ3n) is 2.45. The molecule has 0 aromatic carbocycles. The predicted molar refractivity (Wildman–Crippen MR) is 64.8 cm³/mol. The Morgan fingerprint density at radius 1 is 1.50 bits per heavy atom. The van der Waals surface area contributed by atoms with Crippen molar-refractivity contribution in [1.29, 1.82) is 0 Å². The summed E-state index contributed by atoms with van der Waals surface area (Å²) < 4.78 is 0.657. The van der Waals surface area contributed by atoms with E-state index in [9.17, 15) is 4.79 Å². The fraction of sp³-hybridized carbons (Fsp3) is 0.364. The van der Waals surface area contributed by atoms with Gasteiger partial charge >= 0.3 is 0 Å². The molecule has 0 aliphatic heterocycles. The normalized spacial score (nSPS) is 18.7. The van der Waals surface area contributed by atoms with Gasteiger partial charge in [0.05, 0.1) is 12.4 Å². The summed E-state index contributed by atoms with van der Waals surface area (Å²) in [6.45, 7) is 0. The van der Waals surface area contributed by atoms with Crippen molar-refractivity contribution in [2.24, 2.45) is 5.92 Å². The van der Waals surface area contributed by atoms with E-state index < -0.39 is 0 Å². The van der Waals surface area contributed by atoms with E-state index in [4.69, 9.17) is 0 Å². The number of nitrogens with zero attached hydrogens (tertiary/aromatic N) is 2. The van der Waals surface area contributed by atoms with Crippen LogP contribution in [0.5, 0.6) is 0 Å². The summed E-state index contributed by atoms with van der Waals surface area (Å²) in [6.07, 6.45) is 9.99. The van der Waals surface area contributed by atoms with Crippen molar-refractivity contribution < 1.29 is 4.79 Å². The van der Waals surface area contributed by atoms with Crippen LogP contribution in [0, 0.1) is 5.92 Å². The monoisotopic (exact) mass is 281 g/mol. The van der Waals surface area contributed by atoms with Gasteiger partial charge in [-0.1, -0.05) is 12.2 Å². The summed E-state index contributed by atoms with van der Waals surface area (Å²) in [5, 5.41) is 2.73. The highest BCUT2D eigenvalue weighted by Gasteiger charge is 2.14. The van der Waals surface area contributed by atoms with Crippen molar-refractivity contribution in [1.82, 2.24) is 9.97 Å². The lowest BCUT2D eigenvalue weighted by atomic mass is 10.1. The van der Waals surface area contributed by atoms with Crippen molar-refractivity contribution in [3.05, 3.63) is 29.1 Å². The number of aromatic nitrogens is 2. The maximum absolute atomic E-state index is 11.6. The SMILES string of the molecule is O=C(CC1C=CCC1)Nc1cnc(Br)cn1. The highest BCUT2D eigenvalue weighted by molar-refractivity contribution is 9.10. The van der Waals surface area contributed by atoms with Crippen LogP contribution >= 0.6 is 15.9 Å². The Bertz CT molecular complexity index is 402. The summed E-state index contributed by atoms with van der Waals surface area (Å²) in [4.78, 5) is 19.7. The number of hydrogen-bond donors (Lipinski definition) is 1. The molecule has 0 radical (unpaired) electrons. The number of anilines is 1. The first-order valence-corrected chi connectivity index (χ1v) is 5.97. The van der Waals surface area contributed by atoms with Gasteiger partial charge in [-0.25, -0.2) is 9.97 Å². The van der Waals surface area contributed by atoms with E-state index in [0.29, 0.717) is 22.8 Å². The number of carbonyl (C=O) groups excluding carboxylic acids is 1. The van der Waals surface area contributed by atoms with Crippen LogP contribution in [0.1, 0.15) is 19.3 Å². The van der Waals surface area contributed by atoms with Gasteiger partial charge in [0.25, 0.3) is 0 Å². The van der Waals surface area contributed by atoms with Crippen LogP contribution in [0.4, 0.5) is 5.82 Å². The summed E-state index contributed by atoms with van der Waals surface area (Å²) >= 11 is 3.19. The minimum absolute atomic E-state index is 0.00632. The Hall–Kier alpha value is -1.23. The van der Waals surface area contributed by atoms with Gasteiger partial charge in [-0.05, 0) is 34.7 Å². The molecule has 1 amide bonds. The lowest BCUT2D eigenvalue weighted by Gasteiger charge is -2.07. The molecule has 0 spiro atoms. The number of nitrogens with one attached hydrogen (secondary N) is 1. The van der Waals surface area contributed by atoms with E-state index in [0.717, 1.165) is 12.8 Å². The van der Waals surface area contributed by atoms with E-state index >= 15 is 0 Å². The van der Waals surface area contributed by atoms with Gasteiger partial charge in [0, 0.05) is 6.42 Å². The number of halogens is 1. The van der Waals surface area contributed by atoms with Crippen LogP contribution in [0.25, 0.3) is 0 Å².